The summed E-state index contributed by atoms with van der Waals surface area (Å²) in [6.45, 7) is 18.1. The predicted molar refractivity (Wildman–Crippen MR) is 93.9 cm³/mol. The lowest BCUT2D eigenvalue weighted by Crippen LogP contribution is -2.45. The van der Waals surface area contributed by atoms with Crippen LogP contribution in [0, 0.1) is 0 Å². The first-order valence-corrected chi connectivity index (χ1v) is 8.13. The number of hydrogen-bond donors (Lipinski definition) is 2. The van der Waals surface area contributed by atoms with Crippen LogP contribution in [-0.2, 0) is 0 Å². The first-order chi connectivity index (χ1) is 9.60. The van der Waals surface area contributed by atoms with Crippen LogP contribution in [0.4, 0.5) is 0 Å². The van der Waals surface area contributed by atoms with E-state index in [4.69, 9.17) is 9.98 Å². The summed E-state index contributed by atoms with van der Waals surface area (Å²) in [6.07, 6.45) is 1.95. The second kappa shape index (κ2) is 7.50. The highest BCUT2D eigenvalue weighted by molar-refractivity contribution is 5.83. The Morgan fingerprint density at radius 3 is 2.19 bits per heavy atom. The third kappa shape index (κ3) is 7.72. The summed E-state index contributed by atoms with van der Waals surface area (Å²) in [5.74, 6) is 0. The van der Waals surface area contributed by atoms with Crippen LogP contribution < -0.4 is 10.6 Å². The van der Waals surface area contributed by atoms with Crippen molar-refractivity contribution in [2.75, 3.05) is 19.6 Å². The maximum Gasteiger partial charge on any atom is 0.0595 e. The molecule has 0 saturated carbocycles. The zero-order chi connectivity index (χ0) is 16.1. The number of nitrogens with zero attached hydrogens (tertiary/aromatic N) is 2. The average Bonchev–Trinajstić information content (AvgIpc) is 2.30. The monoisotopic (exact) mass is 294 g/mol. The minimum Gasteiger partial charge on any atom is -0.310 e. The fourth-order valence-electron chi connectivity index (χ4n) is 2.99. The fraction of sp³-hybridized carbons (Fsp3) is 0.882. The van der Waals surface area contributed by atoms with E-state index in [9.17, 15) is 0 Å². The lowest BCUT2D eigenvalue weighted by molar-refractivity contribution is 0.385. The van der Waals surface area contributed by atoms with E-state index in [0.717, 1.165) is 32.5 Å². The van der Waals surface area contributed by atoms with Crippen LogP contribution in [0.15, 0.2) is 9.98 Å². The van der Waals surface area contributed by atoms with Gasteiger partial charge in [-0.1, -0.05) is 0 Å². The van der Waals surface area contributed by atoms with Gasteiger partial charge in [0.1, 0.15) is 0 Å². The maximum atomic E-state index is 4.83. The SMILES string of the molecule is CC1=NCCNC(C)(C)CC(C)=N[C@@H](C)CNC(C)(C)C1. The molecule has 4 heteroatoms. The third-order valence-electron chi connectivity index (χ3n) is 3.81. The molecule has 1 aliphatic rings. The van der Waals surface area contributed by atoms with Gasteiger partial charge in [-0.2, -0.15) is 0 Å². The van der Waals surface area contributed by atoms with E-state index in [2.05, 4.69) is 59.1 Å². The minimum atomic E-state index is 0.0715. The Bertz CT molecular complexity index is 394. The van der Waals surface area contributed by atoms with Gasteiger partial charge in [0.2, 0.25) is 0 Å². The van der Waals surface area contributed by atoms with Crippen molar-refractivity contribution < 1.29 is 0 Å². The molecule has 0 bridgehead atoms. The van der Waals surface area contributed by atoms with Crippen LogP contribution in [0.5, 0.6) is 0 Å². The standard InChI is InChI=1S/C17H34N4/c1-13-10-17(6,7)20-12-15(3)21-14(2)11-16(4,5)19-9-8-18-13/h15,19-20H,8-12H2,1-7H3/t15-/m0/s1. The largest absolute Gasteiger partial charge is 0.310 e. The van der Waals surface area contributed by atoms with Crippen LogP contribution in [-0.4, -0.2) is 48.2 Å². The molecule has 0 aliphatic carbocycles. The highest BCUT2D eigenvalue weighted by atomic mass is 15.0. The van der Waals surface area contributed by atoms with Crippen LogP contribution in [0.1, 0.15) is 61.3 Å². The molecular weight excluding hydrogens is 260 g/mol. The van der Waals surface area contributed by atoms with E-state index in [1.54, 1.807) is 0 Å². The molecule has 1 atom stereocenters. The van der Waals surface area contributed by atoms with Gasteiger partial charge in [0.05, 0.1) is 12.6 Å². The van der Waals surface area contributed by atoms with Gasteiger partial charge in [-0.05, 0) is 48.5 Å². The van der Waals surface area contributed by atoms with E-state index in [1.165, 1.54) is 11.4 Å². The Morgan fingerprint density at radius 2 is 1.52 bits per heavy atom. The molecule has 21 heavy (non-hydrogen) atoms. The second-order valence-electron chi connectivity index (χ2n) is 7.76. The van der Waals surface area contributed by atoms with E-state index >= 15 is 0 Å². The van der Waals surface area contributed by atoms with Crippen molar-refractivity contribution in [3.63, 3.8) is 0 Å². The first kappa shape index (κ1) is 18.3. The van der Waals surface area contributed by atoms with Gasteiger partial charge >= 0.3 is 0 Å². The third-order valence-corrected chi connectivity index (χ3v) is 3.81. The Hall–Kier alpha value is -0.740. The van der Waals surface area contributed by atoms with Crippen molar-refractivity contribution in [1.82, 2.24) is 10.6 Å². The lowest BCUT2D eigenvalue weighted by Gasteiger charge is -2.29. The summed E-state index contributed by atoms with van der Waals surface area (Å²) in [5.41, 5.74) is 2.59. The van der Waals surface area contributed by atoms with Gasteiger partial charge < -0.3 is 10.6 Å². The Kier molecular flexibility index (Phi) is 6.54. The number of aliphatic imine (C=N–C) groups is 2. The van der Waals surface area contributed by atoms with Crippen molar-refractivity contribution in [3.05, 3.63) is 0 Å². The first-order valence-electron chi connectivity index (χ1n) is 8.13. The number of nitrogens with one attached hydrogen (secondary N) is 2. The Labute approximate surface area is 130 Å². The molecule has 0 amide bonds. The molecule has 0 aromatic rings. The zero-order valence-electron chi connectivity index (χ0n) is 15.0. The molecule has 0 saturated heterocycles. The summed E-state index contributed by atoms with van der Waals surface area (Å²) in [4.78, 5) is 9.52. The molecule has 0 aromatic carbocycles. The van der Waals surface area contributed by atoms with Gasteiger partial charge in [0, 0.05) is 48.4 Å². The Balaban J connectivity index is 2.83. The molecule has 2 N–H and O–H groups in total. The quantitative estimate of drug-likeness (QED) is 0.722. The molecule has 0 aromatic heterocycles. The molecule has 1 heterocycles. The highest BCUT2D eigenvalue weighted by Crippen LogP contribution is 2.13. The highest BCUT2D eigenvalue weighted by Gasteiger charge is 2.21. The van der Waals surface area contributed by atoms with Crippen molar-refractivity contribution >= 4 is 11.4 Å². The van der Waals surface area contributed by atoms with E-state index in [1.807, 2.05) is 0 Å². The second-order valence-corrected chi connectivity index (χ2v) is 7.76. The van der Waals surface area contributed by atoms with Crippen LogP contribution in [0.25, 0.3) is 0 Å². The van der Waals surface area contributed by atoms with E-state index < -0.39 is 0 Å². The van der Waals surface area contributed by atoms with Crippen molar-refractivity contribution in [1.29, 1.82) is 0 Å². The van der Waals surface area contributed by atoms with Crippen molar-refractivity contribution in [2.45, 2.75) is 78.4 Å². The maximum absolute atomic E-state index is 4.83. The summed E-state index contributed by atoms with van der Waals surface area (Å²) in [6, 6.07) is 0.306. The van der Waals surface area contributed by atoms with Gasteiger partial charge in [-0.25, -0.2) is 0 Å². The molecule has 1 rings (SSSR count). The molecular formula is C17H34N4. The topological polar surface area (TPSA) is 48.8 Å². The molecule has 4 nitrogen and oxygen atoms in total. The summed E-state index contributed by atoms with van der Waals surface area (Å²) in [7, 11) is 0. The van der Waals surface area contributed by atoms with Gasteiger partial charge in [-0.15, -0.1) is 0 Å². The zero-order valence-corrected chi connectivity index (χ0v) is 15.0. The van der Waals surface area contributed by atoms with Crippen molar-refractivity contribution in [3.8, 4) is 0 Å². The summed E-state index contributed by atoms with van der Waals surface area (Å²) >= 11 is 0. The van der Waals surface area contributed by atoms with Crippen LogP contribution >= 0.6 is 0 Å². The number of hydrogen-bond acceptors (Lipinski definition) is 4. The molecule has 0 unspecified atom stereocenters. The van der Waals surface area contributed by atoms with Gasteiger partial charge in [0.25, 0.3) is 0 Å². The molecule has 0 spiro atoms. The Morgan fingerprint density at radius 1 is 0.952 bits per heavy atom. The lowest BCUT2D eigenvalue weighted by atomic mass is 9.96. The minimum absolute atomic E-state index is 0.0715. The molecule has 122 valence electrons. The van der Waals surface area contributed by atoms with Crippen LogP contribution in [0.2, 0.25) is 0 Å². The van der Waals surface area contributed by atoms with Gasteiger partial charge in [-0.3, -0.25) is 9.98 Å². The summed E-state index contributed by atoms with van der Waals surface area (Å²) < 4.78 is 0. The van der Waals surface area contributed by atoms with Crippen LogP contribution in [0.3, 0.4) is 0 Å². The number of rotatable bonds is 0. The molecule has 1 aliphatic heterocycles. The summed E-state index contributed by atoms with van der Waals surface area (Å²) in [5, 5.41) is 7.23. The van der Waals surface area contributed by atoms with E-state index in [0.29, 0.717) is 6.04 Å². The van der Waals surface area contributed by atoms with E-state index in [-0.39, 0.29) is 11.1 Å². The normalized spacial score (nSPS) is 28.2. The van der Waals surface area contributed by atoms with Crippen molar-refractivity contribution in [2.24, 2.45) is 9.98 Å². The van der Waals surface area contributed by atoms with Gasteiger partial charge in [0.15, 0.2) is 0 Å². The molecule has 0 fully saturated rings. The predicted octanol–water partition coefficient (Wildman–Crippen LogP) is 2.83. The average molecular weight is 294 g/mol. The fourth-order valence-corrected chi connectivity index (χ4v) is 2.99. The molecule has 0 radical (unpaired) electrons. The smallest absolute Gasteiger partial charge is 0.0595 e.